The maximum Gasteiger partial charge on any atom is 0.121 e. The van der Waals surface area contributed by atoms with Crippen molar-refractivity contribution in [3.05, 3.63) is 42.0 Å². The lowest BCUT2D eigenvalue weighted by Crippen LogP contribution is -2.10. The van der Waals surface area contributed by atoms with Gasteiger partial charge in [-0.3, -0.25) is 0 Å². The molecule has 0 spiro atoms. The monoisotopic (exact) mass is 231 g/mol. The van der Waals surface area contributed by atoms with Gasteiger partial charge in [0.05, 0.1) is 11.4 Å². The molecule has 4 nitrogen and oxygen atoms in total. The second kappa shape index (κ2) is 5.01. The molecule has 0 amide bonds. The molecule has 0 aliphatic carbocycles. The molecule has 0 aliphatic heterocycles. The Morgan fingerprint density at radius 2 is 2.18 bits per heavy atom. The second-order valence-electron chi connectivity index (χ2n) is 3.93. The van der Waals surface area contributed by atoms with Gasteiger partial charge >= 0.3 is 0 Å². The summed E-state index contributed by atoms with van der Waals surface area (Å²) in [5.74, 6) is 1.80. The van der Waals surface area contributed by atoms with Crippen LogP contribution in [0.15, 0.2) is 30.5 Å². The molecule has 0 saturated carbocycles. The Kier molecular flexibility index (Phi) is 3.44. The summed E-state index contributed by atoms with van der Waals surface area (Å²) in [4.78, 5) is 4.38. The normalized spacial score (nSPS) is 10.5. The Morgan fingerprint density at radius 3 is 2.82 bits per heavy atom. The molecule has 1 aromatic heterocycles. The van der Waals surface area contributed by atoms with E-state index in [0.717, 1.165) is 23.0 Å². The molecule has 0 unspecified atom stereocenters. The first kappa shape index (κ1) is 11.7. The van der Waals surface area contributed by atoms with Crippen LogP contribution in [0.25, 0.3) is 5.69 Å². The molecule has 2 rings (SSSR count). The number of ether oxygens (including phenoxy) is 1. The van der Waals surface area contributed by atoms with Crippen LogP contribution < -0.4 is 10.5 Å². The number of benzene rings is 1. The number of imidazole rings is 1. The maximum absolute atomic E-state index is 5.51. The predicted molar refractivity (Wildman–Crippen MR) is 67.6 cm³/mol. The van der Waals surface area contributed by atoms with E-state index in [2.05, 4.69) is 4.98 Å². The number of hydrogen-bond donors (Lipinski definition) is 1. The molecule has 0 saturated heterocycles. The summed E-state index contributed by atoms with van der Waals surface area (Å²) in [6.07, 6.45) is 2.01. The fourth-order valence-corrected chi connectivity index (χ4v) is 1.78. The summed E-state index contributed by atoms with van der Waals surface area (Å²) in [6.45, 7) is 5.03. The standard InChI is InChI=1S/C13H17N3O/c1-10-9-16(11(2)15-10)12-4-3-5-13(8-12)17-7-6-14/h3-5,8-9H,6-7,14H2,1-2H3. The fourth-order valence-electron chi connectivity index (χ4n) is 1.78. The lowest BCUT2D eigenvalue weighted by atomic mass is 10.3. The van der Waals surface area contributed by atoms with Gasteiger partial charge in [0, 0.05) is 18.8 Å². The molecule has 1 aromatic carbocycles. The van der Waals surface area contributed by atoms with Gasteiger partial charge in [-0.2, -0.15) is 0 Å². The zero-order valence-corrected chi connectivity index (χ0v) is 10.2. The van der Waals surface area contributed by atoms with Crippen LogP contribution in [-0.2, 0) is 0 Å². The molecular weight excluding hydrogens is 214 g/mol. The highest BCUT2D eigenvalue weighted by Crippen LogP contribution is 2.18. The summed E-state index contributed by atoms with van der Waals surface area (Å²) in [6, 6.07) is 7.92. The highest BCUT2D eigenvalue weighted by molar-refractivity contribution is 5.40. The van der Waals surface area contributed by atoms with Crippen molar-refractivity contribution >= 4 is 0 Å². The van der Waals surface area contributed by atoms with Crippen LogP contribution in [0.1, 0.15) is 11.5 Å². The number of nitrogens with two attached hydrogens (primary N) is 1. The van der Waals surface area contributed by atoms with Gasteiger partial charge in [-0.25, -0.2) is 4.98 Å². The van der Waals surface area contributed by atoms with E-state index in [0.29, 0.717) is 13.2 Å². The SMILES string of the molecule is Cc1cn(-c2cccc(OCCN)c2)c(C)n1. The first-order valence-corrected chi connectivity index (χ1v) is 5.66. The van der Waals surface area contributed by atoms with Crippen LogP contribution in [0.2, 0.25) is 0 Å². The van der Waals surface area contributed by atoms with Gasteiger partial charge in [0.25, 0.3) is 0 Å². The Morgan fingerprint density at radius 1 is 1.35 bits per heavy atom. The van der Waals surface area contributed by atoms with E-state index >= 15 is 0 Å². The van der Waals surface area contributed by atoms with Gasteiger partial charge in [-0.05, 0) is 26.0 Å². The van der Waals surface area contributed by atoms with Crippen molar-refractivity contribution in [2.45, 2.75) is 13.8 Å². The smallest absolute Gasteiger partial charge is 0.121 e. The molecule has 0 fully saturated rings. The first-order valence-electron chi connectivity index (χ1n) is 5.66. The van der Waals surface area contributed by atoms with Gasteiger partial charge in [0.15, 0.2) is 0 Å². The van der Waals surface area contributed by atoms with Crippen molar-refractivity contribution in [2.24, 2.45) is 5.73 Å². The molecule has 0 atom stereocenters. The number of aromatic nitrogens is 2. The average molecular weight is 231 g/mol. The van der Waals surface area contributed by atoms with Gasteiger partial charge < -0.3 is 15.0 Å². The fraction of sp³-hybridized carbons (Fsp3) is 0.308. The molecule has 90 valence electrons. The number of nitrogens with zero attached hydrogens (tertiary/aromatic N) is 2. The van der Waals surface area contributed by atoms with Gasteiger partial charge in [0.1, 0.15) is 18.2 Å². The average Bonchev–Trinajstić information content (AvgIpc) is 2.66. The van der Waals surface area contributed by atoms with Crippen LogP contribution in [0.5, 0.6) is 5.75 Å². The Balaban J connectivity index is 2.29. The molecule has 0 bridgehead atoms. The van der Waals surface area contributed by atoms with Gasteiger partial charge in [-0.1, -0.05) is 6.07 Å². The molecule has 2 aromatic rings. The largest absolute Gasteiger partial charge is 0.492 e. The lowest BCUT2D eigenvalue weighted by Gasteiger charge is -2.08. The van der Waals surface area contributed by atoms with Crippen molar-refractivity contribution in [3.8, 4) is 11.4 Å². The minimum absolute atomic E-state index is 0.521. The molecule has 0 radical (unpaired) electrons. The second-order valence-corrected chi connectivity index (χ2v) is 3.93. The minimum Gasteiger partial charge on any atom is -0.492 e. The van der Waals surface area contributed by atoms with Crippen molar-refractivity contribution in [2.75, 3.05) is 13.2 Å². The zero-order chi connectivity index (χ0) is 12.3. The van der Waals surface area contributed by atoms with Crippen molar-refractivity contribution in [3.63, 3.8) is 0 Å². The topological polar surface area (TPSA) is 53.1 Å². The minimum atomic E-state index is 0.521. The molecule has 4 heteroatoms. The van der Waals surface area contributed by atoms with E-state index in [1.54, 1.807) is 0 Å². The summed E-state index contributed by atoms with van der Waals surface area (Å²) in [5, 5.41) is 0. The molecule has 2 N–H and O–H groups in total. The number of rotatable bonds is 4. The molecule has 0 aliphatic rings. The molecule has 17 heavy (non-hydrogen) atoms. The third-order valence-corrected chi connectivity index (χ3v) is 2.49. The van der Waals surface area contributed by atoms with E-state index in [1.807, 2.05) is 48.9 Å². The highest BCUT2D eigenvalue weighted by atomic mass is 16.5. The predicted octanol–water partition coefficient (Wildman–Crippen LogP) is 1.83. The van der Waals surface area contributed by atoms with Crippen LogP contribution in [0.3, 0.4) is 0 Å². The highest BCUT2D eigenvalue weighted by Gasteiger charge is 2.04. The Bertz CT molecular complexity index is 505. The number of hydrogen-bond acceptors (Lipinski definition) is 3. The van der Waals surface area contributed by atoms with Crippen LogP contribution in [-0.4, -0.2) is 22.7 Å². The van der Waals surface area contributed by atoms with Crippen molar-refractivity contribution < 1.29 is 4.74 Å². The Hall–Kier alpha value is -1.81. The van der Waals surface area contributed by atoms with Crippen molar-refractivity contribution in [1.82, 2.24) is 9.55 Å². The molecular formula is C13H17N3O. The van der Waals surface area contributed by atoms with E-state index in [4.69, 9.17) is 10.5 Å². The van der Waals surface area contributed by atoms with Crippen LogP contribution >= 0.6 is 0 Å². The van der Waals surface area contributed by atoms with E-state index < -0.39 is 0 Å². The summed E-state index contributed by atoms with van der Waals surface area (Å²) in [7, 11) is 0. The lowest BCUT2D eigenvalue weighted by molar-refractivity contribution is 0.328. The van der Waals surface area contributed by atoms with Crippen LogP contribution in [0.4, 0.5) is 0 Å². The third kappa shape index (κ3) is 2.65. The zero-order valence-electron chi connectivity index (χ0n) is 10.2. The number of aryl methyl sites for hydroxylation is 2. The quantitative estimate of drug-likeness (QED) is 0.873. The van der Waals surface area contributed by atoms with E-state index in [1.165, 1.54) is 0 Å². The maximum atomic E-state index is 5.51. The van der Waals surface area contributed by atoms with Crippen molar-refractivity contribution in [1.29, 1.82) is 0 Å². The first-order chi connectivity index (χ1) is 8.20. The summed E-state index contributed by atoms with van der Waals surface area (Å²) >= 11 is 0. The van der Waals surface area contributed by atoms with Gasteiger partial charge in [0.2, 0.25) is 0 Å². The van der Waals surface area contributed by atoms with Crippen LogP contribution in [0, 0.1) is 13.8 Å². The summed E-state index contributed by atoms with van der Waals surface area (Å²) < 4.78 is 7.55. The van der Waals surface area contributed by atoms with E-state index in [-0.39, 0.29) is 0 Å². The Labute approximate surface area is 101 Å². The summed E-state index contributed by atoms with van der Waals surface area (Å²) in [5.41, 5.74) is 7.48. The molecule has 1 heterocycles. The third-order valence-electron chi connectivity index (χ3n) is 2.49. The van der Waals surface area contributed by atoms with E-state index in [9.17, 15) is 0 Å². The van der Waals surface area contributed by atoms with Gasteiger partial charge in [-0.15, -0.1) is 0 Å².